The number of thiophene rings is 1. The van der Waals surface area contributed by atoms with Gasteiger partial charge in [-0.3, -0.25) is 14.5 Å². The number of alkyl halides is 3. The summed E-state index contributed by atoms with van der Waals surface area (Å²) in [6.07, 6.45) is -1.45. The quantitative estimate of drug-likeness (QED) is 0.692. The van der Waals surface area contributed by atoms with Gasteiger partial charge < -0.3 is 10.2 Å². The van der Waals surface area contributed by atoms with Crippen LogP contribution in [0.1, 0.15) is 46.5 Å². The first-order valence-corrected chi connectivity index (χ1v) is 12.2. The molecule has 2 fully saturated rings. The molecule has 0 spiro atoms. The summed E-state index contributed by atoms with van der Waals surface area (Å²) in [6, 6.07) is 9.25. The third kappa shape index (κ3) is 6.14. The molecule has 3 heterocycles. The largest absolute Gasteiger partial charge is 0.416 e. The number of rotatable bonds is 5. The number of likely N-dealkylation sites (tertiary alicyclic amines) is 2. The predicted molar refractivity (Wildman–Crippen MR) is 121 cm³/mol. The monoisotopic (exact) mass is 479 g/mol. The fourth-order valence-corrected chi connectivity index (χ4v) is 5.25. The Labute approximate surface area is 195 Å². The Bertz CT molecular complexity index is 948. The van der Waals surface area contributed by atoms with Crippen LogP contribution in [0.2, 0.25) is 0 Å². The van der Waals surface area contributed by atoms with Gasteiger partial charge >= 0.3 is 6.18 Å². The second kappa shape index (κ2) is 10.3. The highest BCUT2D eigenvalue weighted by Gasteiger charge is 2.31. The molecule has 1 aromatic carbocycles. The summed E-state index contributed by atoms with van der Waals surface area (Å²) >= 11 is 1.43. The van der Waals surface area contributed by atoms with Crippen molar-refractivity contribution in [2.45, 2.75) is 44.4 Å². The molecule has 178 valence electrons. The first-order chi connectivity index (χ1) is 15.8. The molecule has 2 aliphatic heterocycles. The third-order valence-electron chi connectivity index (χ3n) is 6.48. The Balaban J connectivity index is 1.20. The molecule has 2 saturated heterocycles. The van der Waals surface area contributed by atoms with E-state index in [0.717, 1.165) is 36.9 Å². The lowest BCUT2D eigenvalue weighted by molar-refractivity contribution is -0.137. The molecule has 0 radical (unpaired) electrons. The van der Waals surface area contributed by atoms with Crippen LogP contribution in [0.4, 0.5) is 13.2 Å². The number of carbonyl (C=O) groups is 2. The van der Waals surface area contributed by atoms with Crippen molar-refractivity contribution in [2.75, 3.05) is 26.2 Å². The summed E-state index contributed by atoms with van der Waals surface area (Å²) in [4.78, 5) is 29.9. The minimum Gasteiger partial charge on any atom is -0.353 e. The van der Waals surface area contributed by atoms with Crippen molar-refractivity contribution in [2.24, 2.45) is 5.92 Å². The zero-order valence-corrected chi connectivity index (χ0v) is 19.1. The van der Waals surface area contributed by atoms with Gasteiger partial charge in [0.05, 0.1) is 10.4 Å². The highest BCUT2D eigenvalue weighted by molar-refractivity contribution is 7.12. The molecule has 0 atom stereocenters. The molecule has 1 aromatic heterocycles. The van der Waals surface area contributed by atoms with Crippen LogP contribution in [0.15, 0.2) is 41.8 Å². The van der Waals surface area contributed by atoms with Gasteiger partial charge in [0.1, 0.15) is 0 Å². The maximum Gasteiger partial charge on any atom is 0.416 e. The molecule has 5 nitrogen and oxygen atoms in total. The van der Waals surface area contributed by atoms with E-state index in [0.29, 0.717) is 38.0 Å². The van der Waals surface area contributed by atoms with E-state index < -0.39 is 11.7 Å². The highest BCUT2D eigenvalue weighted by Crippen LogP contribution is 2.30. The number of hydrogen-bond donors (Lipinski definition) is 1. The molecule has 2 amide bonds. The fraction of sp³-hybridized carbons (Fsp3) is 0.500. The van der Waals surface area contributed by atoms with E-state index in [1.807, 2.05) is 22.4 Å². The molecule has 2 aromatic rings. The lowest BCUT2D eigenvalue weighted by atomic mass is 9.94. The van der Waals surface area contributed by atoms with Gasteiger partial charge in [0.15, 0.2) is 0 Å². The Morgan fingerprint density at radius 3 is 2.36 bits per heavy atom. The number of carbonyl (C=O) groups excluding carboxylic acids is 2. The Kier molecular flexibility index (Phi) is 7.38. The average molecular weight is 480 g/mol. The average Bonchev–Trinajstić information content (AvgIpc) is 3.35. The summed E-state index contributed by atoms with van der Waals surface area (Å²) in [5.41, 5.74) is 0.0291. The molecule has 0 unspecified atom stereocenters. The van der Waals surface area contributed by atoms with Crippen LogP contribution in [0, 0.1) is 5.92 Å². The number of hydrogen-bond acceptors (Lipinski definition) is 4. The van der Waals surface area contributed by atoms with E-state index >= 15 is 0 Å². The molecule has 2 aliphatic rings. The van der Waals surface area contributed by atoms with Crippen molar-refractivity contribution in [1.82, 2.24) is 15.1 Å². The second-order valence-electron chi connectivity index (χ2n) is 8.80. The SMILES string of the molecule is O=C(NC1CCN(Cc2cccc(C(F)(F)F)c2)CC1)C1CCN(C(=O)c2cccs2)CC1. The van der Waals surface area contributed by atoms with Gasteiger partial charge in [0.25, 0.3) is 5.91 Å². The third-order valence-corrected chi connectivity index (χ3v) is 7.34. The van der Waals surface area contributed by atoms with Crippen molar-refractivity contribution in [3.05, 3.63) is 57.8 Å². The second-order valence-corrected chi connectivity index (χ2v) is 9.75. The molecule has 1 N–H and O–H groups in total. The van der Waals surface area contributed by atoms with Gasteiger partial charge in [-0.15, -0.1) is 11.3 Å². The van der Waals surface area contributed by atoms with Gasteiger partial charge in [-0.2, -0.15) is 13.2 Å². The normalized spacial score (nSPS) is 18.9. The van der Waals surface area contributed by atoms with Crippen LogP contribution in [-0.4, -0.2) is 53.8 Å². The fourth-order valence-electron chi connectivity index (χ4n) is 4.56. The van der Waals surface area contributed by atoms with Gasteiger partial charge in [0, 0.05) is 44.7 Å². The summed E-state index contributed by atoms with van der Waals surface area (Å²) < 4.78 is 38.8. The number of halogens is 3. The summed E-state index contributed by atoms with van der Waals surface area (Å²) in [5, 5.41) is 5.05. The van der Waals surface area contributed by atoms with E-state index in [9.17, 15) is 22.8 Å². The number of nitrogens with zero attached hydrogens (tertiary/aromatic N) is 2. The maximum atomic E-state index is 12.9. The van der Waals surface area contributed by atoms with Gasteiger partial charge in [-0.05, 0) is 48.8 Å². The first-order valence-electron chi connectivity index (χ1n) is 11.3. The molecule has 0 bridgehead atoms. The van der Waals surface area contributed by atoms with Crippen molar-refractivity contribution >= 4 is 23.2 Å². The molecule has 0 aliphatic carbocycles. The zero-order chi connectivity index (χ0) is 23.4. The van der Waals surface area contributed by atoms with Crippen molar-refractivity contribution in [3.8, 4) is 0 Å². The van der Waals surface area contributed by atoms with E-state index in [-0.39, 0.29) is 23.8 Å². The van der Waals surface area contributed by atoms with E-state index in [2.05, 4.69) is 10.2 Å². The highest BCUT2D eigenvalue weighted by atomic mass is 32.1. The number of amides is 2. The smallest absolute Gasteiger partial charge is 0.353 e. The van der Waals surface area contributed by atoms with Crippen LogP contribution in [-0.2, 0) is 17.5 Å². The first kappa shape index (κ1) is 23.8. The number of benzene rings is 1. The summed E-state index contributed by atoms with van der Waals surface area (Å²) in [7, 11) is 0. The topological polar surface area (TPSA) is 52.7 Å². The summed E-state index contributed by atoms with van der Waals surface area (Å²) in [6.45, 7) is 3.11. The van der Waals surface area contributed by atoms with Crippen molar-refractivity contribution < 1.29 is 22.8 Å². The Morgan fingerprint density at radius 1 is 1.00 bits per heavy atom. The van der Waals surface area contributed by atoms with Crippen LogP contribution >= 0.6 is 11.3 Å². The maximum absolute atomic E-state index is 12.9. The van der Waals surface area contributed by atoms with Crippen LogP contribution < -0.4 is 5.32 Å². The van der Waals surface area contributed by atoms with Crippen LogP contribution in [0.25, 0.3) is 0 Å². The summed E-state index contributed by atoms with van der Waals surface area (Å²) in [5.74, 6) is 0.00655. The van der Waals surface area contributed by atoms with Crippen molar-refractivity contribution in [1.29, 1.82) is 0 Å². The standard InChI is InChI=1S/C24H28F3N3O2S/c25-24(26,27)19-4-1-3-17(15-19)16-29-10-8-20(9-11-29)28-22(31)18-6-12-30(13-7-18)23(32)21-5-2-14-33-21/h1-5,14-15,18,20H,6-13,16H2,(H,28,31). The molecular weight excluding hydrogens is 451 g/mol. The van der Waals surface area contributed by atoms with Gasteiger partial charge in [0.2, 0.25) is 5.91 Å². The molecule has 9 heteroatoms. The minimum atomic E-state index is -4.33. The zero-order valence-electron chi connectivity index (χ0n) is 18.3. The molecule has 33 heavy (non-hydrogen) atoms. The minimum absolute atomic E-state index is 0.0389. The van der Waals surface area contributed by atoms with E-state index in [1.54, 1.807) is 6.07 Å². The predicted octanol–water partition coefficient (Wildman–Crippen LogP) is 4.40. The van der Waals surface area contributed by atoms with Gasteiger partial charge in [-0.25, -0.2) is 0 Å². The molecule has 4 rings (SSSR count). The molecule has 0 saturated carbocycles. The lowest BCUT2D eigenvalue weighted by Crippen LogP contribution is -2.48. The molecular formula is C24H28F3N3O2S. The van der Waals surface area contributed by atoms with E-state index in [1.165, 1.54) is 23.5 Å². The van der Waals surface area contributed by atoms with Gasteiger partial charge in [-0.1, -0.05) is 24.3 Å². The van der Waals surface area contributed by atoms with Crippen molar-refractivity contribution in [3.63, 3.8) is 0 Å². The van der Waals surface area contributed by atoms with Crippen LogP contribution in [0.5, 0.6) is 0 Å². The van der Waals surface area contributed by atoms with Crippen LogP contribution in [0.3, 0.4) is 0 Å². The Hall–Kier alpha value is -2.39. The number of piperidine rings is 2. The number of nitrogens with one attached hydrogen (secondary N) is 1. The lowest BCUT2D eigenvalue weighted by Gasteiger charge is -2.35. The Morgan fingerprint density at radius 2 is 1.73 bits per heavy atom. The van der Waals surface area contributed by atoms with E-state index in [4.69, 9.17) is 0 Å².